The zero-order chi connectivity index (χ0) is 12.4. The molecule has 0 saturated carbocycles. The normalized spacial score (nSPS) is 25.2. The minimum absolute atomic E-state index is 0.0803. The fourth-order valence-corrected chi connectivity index (χ4v) is 3.15. The van der Waals surface area contributed by atoms with Gasteiger partial charge in [0, 0.05) is 22.5 Å². The van der Waals surface area contributed by atoms with Crippen LogP contribution in [-0.2, 0) is 5.41 Å². The van der Waals surface area contributed by atoms with Gasteiger partial charge in [0.05, 0.1) is 6.61 Å². The third-order valence-corrected chi connectivity index (χ3v) is 4.25. The number of hydrogen-bond donors (Lipinski definition) is 3. The van der Waals surface area contributed by atoms with Gasteiger partial charge in [0.15, 0.2) is 0 Å². The SMILES string of the molecule is OCC1(c2c[nH]c3ccccc23)CCCNCC1. The van der Waals surface area contributed by atoms with Gasteiger partial charge in [-0.05, 0) is 44.0 Å². The molecule has 0 bridgehead atoms. The van der Waals surface area contributed by atoms with Crippen molar-refractivity contribution >= 4 is 10.9 Å². The summed E-state index contributed by atoms with van der Waals surface area (Å²) in [6.07, 6.45) is 5.27. The topological polar surface area (TPSA) is 48.0 Å². The summed E-state index contributed by atoms with van der Waals surface area (Å²) in [5.41, 5.74) is 2.37. The molecule has 96 valence electrons. The fourth-order valence-electron chi connectivity index (χ4n) is 3.15. The molecule has 1 saturated heterocycles. The Balaban J connectivity index is 2.09. The smallest absolute Gasteiger partial charge is 0.0529 e. The average molecular weight is 244 g/mol. The quantitative estimate of drug-likeness (QED) is 0.758. The third kappa shape index (κ3) is 1.84. The molecule has 18 heavy (non-hydrogen) atoms. The minimum atomic E-state index is -0.0803. The van der Waals surface area contributed by atoms with E-state index in [2.05, 4.69) is 34.7 Å². The van der Waals surface area contributed by atoms with Gasteiger partial charge < -0.3 is 15.4 Å². The zero-order valence-electron chi connectivity index (χ0n) is 10.6. The third-order valence-electron chi connectivity index (χ3n) is 4.25. The van der Waals surface area contributed by atoms with Crippen LogP contribution in [0.25, 0.3) is 10.9 Å². The number of aromatic nitrogens is 1. The van der Waals surface area contributed by atoms with Crippen molar-refractivity contribution in [3.05, 3.63) is 36.0 Å². The second kappa shape index (κ2) is 4.75. The van der Waals surface area contributed by atoms with Gasteiger partial charge in [-0.1, -0.05) is 18.2 Å². The first kappa shape index (κ1) is 11.8. The lowest BCUT2D eigenvalue weighted by Crippen LogP contribution is -2.31. The minimum Gasteiger partial charge on any atom is -0.395 e. The van der Waals surface area contributed by atoms with E-state index in [4.69, 9.17) is 0 Å². The molecule has 1 unspecified atom stereocenters. The van der Waals surface area contributed by atoms with Crippen molar-refractivity contribution < 1.29 is 5.11 Å². The molecule has 3 nitrogen and oxygen atoms in total. The Morgan fingerprint density at radius 1 is 1.17 bits per heavy atom. The molecule has 0 spiro atoms. The molecule has 3 rings (SSSR count). The Labute approximate surface area is 107 Å². The number of aromatic amines is 1. The highest BCUT2D eigenvalue weighted by molar-refractivity contribution is 5.84. The van der Waals surface area contributed by atoms with Crippen LogP contribution in [0.3, 0.4) is 0 Å². The van der Waals surface area contributed by atoms with Crippen LogP contribution in [-0.4, -0.2) is 29.8 Å². The summed E-state index contributed by atoms with van der Waals surface area (Å²) in [7, 11) is 0. The number of benzene rings is 1. The molecule has 0 amide bonds. The van der Waals surface area contributed by atoms with Gasteiger partial charge in [-0.3, -0.25) is 0 Å². The summed E-state index contributed by atoms with van der Waals surface area (Å²) in [6.45, 7) is 2.28. The predicted molar refractivity (Wildman–Crippen MR) is 73.8 cm³/mol. The van der Waals surface area contributed by atoms with E-state index in [1.807, 2.05) is 6.07 Å². The maximum atomic E-state index is 9.96. The number of aliphatic hydroxyl groups is 1. The molecule has 3 heteroatoms. The van der Waals surface area contributed by atoms with Crippen molar-refractivity contribution in [2.75, 3.05) is 19.7 Å². The van der Waals surface area contributed by atoms with Crippen LogP contribution in [0, 0.1) is 0 Å². The van der Waals surface area contributed by atoms with Gasteiger partial charge in [0.25, 0.3) is 0 Å². The van der Waals surface area contributed by atoms with Crippen molar-refractivity contribution in [1.29, 1.82) is 0 Å². The molecule has 1 aromatic heterocycles. The molecule has 0 radical (unpaired) electrons. The number of H-pyrrole nitrogens is 1. The number of para-hydroxylation sites is 1. The van der Waals surface area contributed by atoms with Crippen LogP contribution >= 0.6 is 0 Å². The van der Waals surface area contributed by atoms with Crippen molar-refractivity contribution in [3.63, 3.8) is 0 Å². The highest BCUT2D eigenvalue weighted by Crippen LogP contribution is 2.37. The summed E-state index contributed by atoms with van der Waals surface area (Å²) in [4.78, 5) is 3.33. The monoisotopic (exact) mass is 244 g/mol. The first-order chi connectivity index (χ1) is 8.86. The number of hydrogen-bond acceptors (Lipinski definition) is 2. The molecular formula is C15H20N2O. The Hall–Kier alpha value is -1.32. The maximum Gasteiger partial charge on any atom is 0.0529 e. The summed E-state index contributed by atoms with van der Waals surface area (Å²) in [5, 5.41) is 14.6. The van der Waals surface area contributed by atoms with E-state index in [-0.39, 0.29) is 12.0 Å². The average Bonchev–Trinajstić information content (AvgIpc) is 2.70. The van der Waals surface area contributed by atoms with Crippen molar-refractivity contribution in [2.45, 2.75) is 24.7 Å². The first-order valence-corrected chi connectivity index (χ1v) is 6.74. The summed E-state index contributed by atoms with van der Waals surface area (Å²) in [6, 6.07) is 8.36. The number of nitrogens with one attached hydrogen (secondary N) is 2. The zero-order valence-corrected chi connectivity index (χ0v) is 10.6. The molecular weight excluding hydrogens is 224 g/mol. The van der Waals surface area contributed by atoms with Crippen molar-refractivity contribution in [3.8, 4) is 0 Å². The number of fused-ring (bicyclic) bond motifs is 1. The first-order valence-electron chi connectivity index (χ1n) is 6.74. The molecule has 1 aliphatic rings. The lowest BCUT2D eigenvalue weighted by atomic mass is 9.75. The van der Waals surface area contributed by atoms with Crippen LogP contribution in [0.5, 0.6) is 0 Å². The fraction of sp³-hybridized carbons (Fsp3) is 0.467. The van der Waals surface area contributed by atoms with Gasteiger partial charge in [-0.15, -0.1) is 0 Å². The van der Waals surface area contributed by atoms with Gasteiger partial charge >= 0.3 is 0 Å². The summed E-state index contributed by atoms with van der Waals surface area (Å²) in [5.74, 6) is 0. The van der Waals surface area contributed by atoms with Crippen LogP contribution in [0.2, 0.25) is 0 Å². The molecule has 1 fully saturated rings. The van der Waals surface area contributed by atoms with Gasteiger partial charge in [-0.2, -0.15) is 0 Å². The molecule has 0 aliphatic carbocycles. The lowest BCUT2D eigenvalue weighted by molar-refractivity contribution is 0.180. The molecule has 1 aliphatic heterocycles. The Bertz CT molecular complexity index is 524. The van der Waals surface area contributed by atoms with Crippen molar-refractivity contribution in [1.82, 2.24) is 10.3 Å². The summed E-state index contributed by atoms with van der Waals surface area (Å²) >= 11 is 0. The van der Waals surface area contributed by atoms with Gasteiger partial charge in [-0.25, -0.2) is 0 Å². The van der Waals surface area contributed by atoms with E-state index in [1.54, 1.807) is 0 Å². The van der Waals surface area contributed by atoms with E-state index in [9.17, 15) is 5.11 Å². The number of rotatable bonds is 2. The van der Waals surface area contributed by atoms with Crippen LogP contribution in [0.4, 0.5) is 0 Å². The second-order valence-corrected chi connectivity index (χ2v) is 5.29. The van der Waals surface area contributed by atoms with Gasteiger partial charge in [0.2, 0.25) is 0 Å². The van der Waals surface area contributed by atoms with Crippen LogP contribution in [0.1, 0.15) is 24.8 Å². The molecule has 1 aromatic carbocycles. The molecule has 3 N–H and O–H groups in total. The maximum absolute atomic E-state index is 9.96. The number of aliphatic hydroxyl groups excluding tert-OH is 1. The highest BCUT2D eigenvalue weighted by atomic mass is 16.3. The van der Waals surface area contributed by atoms with E-state index in [1.165, 1.54) is 10.9 Å². The van der Waals surface area contributed by atoms with Crippen LogP contribution < -0.4 is 5.32 Å². The largest absolute Gasteiger partial charge is 0.395 e. The summed E-state index contributed by atoms with van der Waals surface area (Å²) < 4.78 is 0. The molecule has 2 heterocycles. The predicted octanol–water partition coefficient (Wildman–Crippen LogP) is 2.17. The highest BCUT2D eigenvalue weighted by Gasteiger charge is 2.34. The van der Waals surface area contributed by atoms with E-state index < -0.39 is 0 Å². The Kier molecular flexibility index (Phi) is 3.10. The lowest BCUT2D eigenvalue weighted by Gasteiger charge is -2.30. The van der Waals surface area contributed by atoms with E-state index in [0.29, 0.717) is 0 Å². The van der Waals surface area contributed by atoms with E-state index in [0.717, 1.165) is 37.9 Å². The van der Waals surface area contributed by atoms with Crippen LogP contribution in [0.15, 0.2) is 30.5 Å². The van der Waals surface area contributed by atoms with E-state index >= 15 is 0 Å². The van der Waals surface area contributed by atoms with Gasteiger partial charge in [0.1, 0.15) is 0 Å². The molecule has 1 atom stereocenters. The molecule has 2 aromatic rings. The Morgan fingerprint density at radius 3 is 2.94 bits per heavy atom. The Morgan fingerprint density at radius 2 is 2.06 bits per heavy atom. The standard InChI is InChI=1S/C15H20N2O/c18-11-15(6-3-8-16-9-7-15)13-10-17-14-5-2-1-4-12(13)14/h1-2,4-5,10,16-18H,3,6-9,11H2. The van der Waals surface area contributed by atoms with Crippen molar-refractivity contribution in [2.24, 2.45) is 0 Å². The second-order valence-electron chi connectivity index (χ2n) is 5.29.